The number of hydrogen-bond donors (Lipinski definition) is 0. The predicted octanol–water partition coefficient (Wildman–Crippen LogP) is 3.83. The number of thiazole rings is 1. The quantitative estimate of drug-likeness (QED) is 0.278. The lowest BCUT2D eigenvalue weighted by molar-refractivity contribution is -0.143. The van der Waals surface area contributed by atoms with Crippen molar-refractivity contribution in [3.63, 3.8) is 0 Å². The number of nitrogens with zero attached hydrogens (tertiary/aromatic N) is 2. The SMILES string of the molecule is CSc1ccc(C2C(C(=O)OC(C)C)=C(C)N=c3sc(=Cc4ccc(OC(C)=O)cc4)c(=O)n32)cc1. The summed E-state index contributed by atoms with van der Waals surface area (Å²) in [5.41, 5.74) is 2.20. The van der Waals surface area contributed by atoms with Gasteiger partial charge in [-0.1, -0.05) is 35.6 Å². The van der Waals surface area contributed by atoms with Crippen LogP contribution in [0, 0.1) is 0 Å². The first kappa shape index (κ1) is 25.7. The maximum Gasteiger partial charge on any atom is 0.338 e. The number of fused-ring (bicyclic) bond motifs is 1. The van der Waals surface area contributed by atoms with Gasteiger partial charge in [0.15, 0.2) is 4.80 Å². The molecule has 0 spiro atoms. The Labute approximate surface area is 216 Å². The molecule has 9 heteroatoms. The number of aromatic nitrogens is 1. The molecule has 186 valence electrons. The van der Waals surface area contributed by atoms with Gasteiger partial charge >= 0.3 is 11.9 Å². The van der Waals surface area contributed by atoms with Crippen molar-refractivity contribution in [2.75, 3.05) is 6.26 Å². The van der Waals surface area contributed by atoms with Gasteiger partial charge in [-0.25, -0.2) is 9.79 Å². The number of hydrogen-bond acceptors (Lipinski definition) is 8. The van der Waals surface area contributed by atoms with Crippen LogP contribution >= 0.6 is 23.1 Å². The van der Waals surface area contributed by atoms with Crippen LogP contribution in [0.2, 0.25) is 0 Å². The van der Waals surface area contributed by atoms with Gasteiger partial charge in [0, 0.05) is 11.8 Å². The summed E-state index contributed by atoms with van der Waals surface area (Å²) in [5, 5.41) is 0. The Bertz CT molecular complexity index is 1510. The van der Waals surface area contributed by atoms with E-state index in [0.717, 1.165) is 16.0 Å². The van der Waals surface area contributed by atoms with Crippen LogP contribution in [0.3, 0.4) is 0 Å². The van der Waals surface area contributed by atoms with Gasteiger partial charge in [-0.15, -0.1) is 11.8 Å². The van der Waals surface area contributed by atoms with Gasteiger partial charge in [0.25, 0.3) is 5.56 Å². The lowest BCUT2D eigenvalue weighted by Crippen LogP contribution is -2.40. The highest BCUT2D eigenvalue weighted by atomic mass is 32.2. The van der Waals surface area contributed by atoms with Crippen LogP contribution in [0.4, 0.5) is 0 Å². The Morgan fingerprint density at radius 2 is 1.78 bits per heavy atom. The lowest BCUT2D eigenvalue weighted by Gasteiger charge is -2.25. The highest BCUT2D eigenvalue weighted by molar-refractivity contribution is 7.98. The molecule has 0 aliphatic carbocycles. The summed E-state index contributed by atoms with van der Waals surface area (Å²) in [4.78, 5) is 44.2. The Kier molecular flexibility index (Phi) is 7.61. The summed E-state index contributed by atoms with van der Waals surface area (Å²) >= 11 is 2.88. The molecule has 0 bridgehead atoms. The molecule has 0 fully saturated rings. The number of benzene rings is 2. The van der Waals surface area contributed by atoms with Gasteiger partial charge in [0.2, 0.25) is 0 Å². The van der Waals surface area contributed by atoms with Gasteiger partial charge in [-0.3, -0.25) is 14.2 Å². The third-order valence-electron chi connectivity index (χ3n) is 5.46. The van der Waals surface area contributed by atoms with Crippen LogP contribution in [0.1, 0.15) is 44.9 Å². The van der Waals surface area contributed by atoms with E-state index in [0.29, 0.717) is 26.4 Å². The van der Waals surface area contributed by atoms with Crippen LogP contribution in [-0.4, -0.2) is 28.9 Å². The summed E-state index contributed by atoms with van der Waals surface area (Å²) in [6.07, 6.45) is 3.45. The number of esters is 2. The molecule has 1 aliphatic heterocycles. The Balaban J connectivity index is 1.85. The van der Waals surface area contributed by atoms with Gasteiger partial charge in [-0.05, 0) is 68.5 Å². The van der Waals surface area contributed by atoms with E-state index in [9.17, 15) is 14.4 Å². The number of rotatable bonds is 6. The molecule has 1 aromatic heterocycles. The van der Waals surface area contributed by atoms with Gasteiger partial charge in [-0.2, -0.15) is 0 Å². The van der Waals surface area contributed by atoms with Gasteiger partial charge in [0.05, 0.1) is 27.9 Å². The molecule has 1 unspecified atom stereocenters. The lowest BCUT2D eigenvalue weighted by atomic mass is 9.96. The van der Waals surface area contributed by atoms with E-state index in [4.69, 9.17) is 9.47 Å². The average molecular weight is 523 g/mol. The minimum absolute atomic E-state index is 0.246. The fraction of sp³-hybridized carbons (Fsp3) is 0.259. The maximum absolute atomic E-state index is 13.7. The van der Waals surface area contributed by atoms with Crippen LogP contribution in [0.25, 0.3) is 6.08 Å². The first-order valence-corrected chi connectivity index (χ1v) is 13.4. The average Bonchev–Trinajstić information content (AvgIpc) is 3.13. The molecule has 0 saturated heterocycles. The van der Waals surface area contributed by atoms with Gasteiger partial charge in [0.1, 0.15) is 5.75 Å². The molecule has 0 N–H and O–H groups in total. The highest BCUT2D eigenvalue weighted by Crippen LogP contribution is 2.32. The van der Waals surface area contributed by atoms with Crippen LogP contribution in [0.5, 0.6) is 5.75 Å². The van der Waals surface area contributed by atoms with Crippen molar-refractivity contribution >= 4 is 41.1 Å². The van der Waals surface area contributed by atoms with Crippen molar-refractivity contribution in [3.05, 3.63) is 90.6 Å². The summed E-state index contributed by atoms with van der Waals surface area (Å²) in [6, 6.07) is 14.0. The van der Waals surface area contributed by atoms with Crippen molar-refractivity contribution in [2.24, 2.45) is 4.99 Å². The number of allylic oxidation sites excluding steroid dienone is 1. The molecule has 0 amide bonds. The molecule has 0 radical (unpaired) electrons. The molecule has 3 aromatic rings. The summed E-state index contributed by atoms with van der Waals surface area (Å²) in [6.45, 7) is 6.69. The number of carbonyl (C=O) groups excluding carboxylic acids is 2. The minimum atomic E-state index is -0.656. The van der Waals surface area contributed by atoms with Crippen molar-refractivity contribution in [3.8, 4) is 5.75 Å². The van der Waals surface area contributed by atoms with E-state index in [2.05, 4.69) is 4.99 Å². The third kappa shape index (κ3) is 5.37. The second-order valence-electron chi connectivity index (χ2n) is 8.47. The maximum atomic E-state index is 13.7. The van der Waals surface area contributed by atoms with Crippen LogP contribution in [0.15, 0.2) is 74.5 Å². The molecular formula is C27H26N2O5S2. The first-order valence-electron chi connectivity index (χ1n) is 11.3. The summed E-state index contributed by atoms with van der Waals surface area (Å²) in [7, 11) is 0. The molecule has 2 heterocycles. The molecular weight excluding hydrogens is 496 g/mol. The Morgan fingerprint density at radius 3 is 2.36 bits per heavy atom. The zero-order chi connectivity index (χ0) is 26.0. The van der Waals surface area contributed by atoms with Crippen molar-refractivity contribution < 1.29 is 19.1 Å². The molecule has 0 saturated carbocycles. The van der Waals surface area contributed by atoms with Crippen molar-refractivity contribution in [2.45, 2.75) is 44.7 Å². The normalized spacial score (nSPS) is 15.5. The number of carbonyl (C=O) groups is 2. The van der Waals surface area contributed by atoms with E-state index in [1.807, 2.05) is 30.5 Å². The van der Waals surface area contributed by atoms with E-state index < -0.39 is 18.0 Å². The largest absolute Gasteiger partial charge is 0.459 e. The Hall–Kier alpha value is -3.43. The van der Waals surface area contributed by atoms with E-state index in [-0.39, 0.29) is 11.7 Å². The minimum Gasteiger partial charge on any atom is -0.459 e. The topological polar surface area (TPSA) is 87.0 Å². The summed E-state index contributed by atoms with van der Waals surface area (Å²) < 4.78 is 12.7. The monoisotopic (exact) mass is 522 g/mol. The third-order valence-corrected chi connectivity index (χ3v) is 7.18. The summed E-state index contributed by atoms with van der Waals surface area (Å²) in [5.74, 6) is -0.456. The predicted molar refractivity (Wildman–Crippen MR) is 141 cm³/mol. The second-order valence-corrected chi connectivity index (χ2v) is 10.4. The fourth-order valence-electron chi connectivity index (χ4n) is 3.91. The molecule has 2 aromatic carbocycles. The molecule has 7 nitrogen and oxygen atoms in total. The standard InChI is InChI=1S/C27H26N2O5S2/c1-15(2)33-26(32)23-16(3)28-27-29(24(23)19-8-12-21(35-5)13-9-19)25(31)22(36-27)14-18-6-10-20(11-7-18)34-17(4)30/h6-15,24H,1-5H3. The first-order chi connectivity index (χ1) is 17.2. The zero-order valence-corrected chi connectivity index (χ0v) is 22.2. The van der Waals surface area contributed by atoms with Crippen LogP contribution in [-0.2, 0) is 14.3 Å². The zero-order valence-electron chi connectivity index (χ0n) is 20.6. The number of ether oxygens (including phenoxy) is 2. The molecule has 36 heavy (non-hydrogen) atoms. The second kappa shape index (κ2) is 10.7. The molecule has 4 rings (SSSR count). The van der Waals surface area contributed by atoms with Crippen molar-refractivity contribution in [1.82, 2.24) is 4.57 Å². The van der Waals surface area contributed by atoms with Crippen molar-refractivity contribution in [1.29, 1.82) is 0 Å². The van der Waals surface area contributed by atoms with E-state index >= 15 is 0 Å². The van der Waals surface area contributed by atoms with Crippen LogP contribution < -0.4 is 19.6 Å². The molecule has 1 atom stereocenters. The fourth-order valence-corrected chi connectivity index (χ4v) is 5.37. The van der Waals surface area contributed by atoms with E-state index in [1.165, 1.54) is 18.3 Å². The van der Waals surface area contributed by atoms with Gasteiger partial charge < -0.3 is 9.47 Å². The highest BCUT2D eigenvalue weighted by Gasteiger charge is 2.33. The smallest absolute Gasteiger partial charge is 0.338 e. The number of thioether (sulfide) groups is 1. The molecule has 1 aliphatic rings. The van der Waals surface area contributed by atoms with E-state index in [1.54, 1.807) is 67.4 Å². The Morgan fingerprint density at radius 1 is 1.11 bits per heavy atom.